The Labute approximate surface area is 284 Å². The Kier molecular flexibility index (Phi) is 6.22. The van der Waals surface area contributed by atoms with E-state index < -0.39 is 0 Å². The van der Waals surface area contributed by atoms with Gasteiger partial charge in [0.15, 0.2) is 5.58 Å². The van der Waals surface area contributed by atoms with E-state index in [1.165, 1.54) is 51.5 Å². The molecule has 0 aliphatic rings. The third kappa shape index (κ3) is 4.36. The predicted molar refractivity (Wildman–Crippen MR) is 205 cm³/mol. The van der Waals surface area contributed by atoms with Gasteiger partial charge >= 0.3 is 0 Å². The zero-order valence-corrected chi connectivity index (χ0v) is 27.3. The molecule has 5 heteroatoms. The van der Waals surface area contributed by atoms with Crippen molar-refractivity contribution in [2.24, 2.45) is 0 Å². The summed E-state index contributed by atoms with van der Waals surface area (Å²) in [5.74, 6) is 0.647. The van der Waals surface area contributed by atoms with E-state index >= 15 is 0 Å². The van der Waals surface area contributed by atoms with Crippen LogP contribution in [0.2, 0.25) is 0 Å². The molecule has 10 aromatic rings. The van der Waals surface area contributed by atoms with E-state index in [2.05, 4.69) is 132 Å². The third-order valence-corrected chi connectivity index (χ3v) is 11.4. The van der Waals surface area contributed by atoms with Gasteiger partial charge in [0, 0.05) is 52.5 Å². The number of anilines is 3. The van der Waals surface area contributed by atoms with E-state index in [0.717, 1.165) is 33.7 Å². The monoisotopic (exact) mass is 650 g/mol. The molecule has 0 saturated carbocycles. The lowest BCUT2D eigenvalue weighted by Crippen LogP contribution is -2.11. The Morgan fingerprint density at radius 1 is 0.479 bits per heavy atom. The topological polar surface area (TPSA) is 29.3 Å². The van der Waals surface area contributed by atoms with Crippen molar-refractivity contribution in [1.82, 2.24) is 4.98 Å². The van der Waals surface area contributed by atoms with Crippen LogP contribution in [0.1, 0.15) is 0 Å². The van der Waals surface area contributed by atoms with E-state index in [0.29, 0.717) is 5.89 Å². The summed E-state index contributed by atoms with van der Waals surface area (Å²) in [4.78, 5) is 7.33. The maximum atomic E-state index is 6.31. The Hall–Kier alpha value is -5.75. The summed E-state index contributed by atoms with van der Waals surface area (Å²) in [5.41, 5.74) is 8.42. The molecule has 48 heavy (non-hydrogen) atoms. The minimum atomic E-state index is 0.647. The highest BCUT2D eigenvalue weighted by atomic mass is 32.1. The van der Waals surface area contributed by atoms with Crippen molar-refractivity contribution in [2.45, 2.75) is 0 Å². The number of fused-ring (bicyclic) bond motifs is 7. The second-order valence-electron chi connectivity index (χ2n) is 12.0. The van der Waals surface area contributed by atoms with Gasteiger partial charge in [0.2, 0.25) is 5.89 Å². The number of hydrogen-bond acceptors (Lipinski definition) is 5. The van der Waals surface area contributed by atoms with Crippen LogP contribution in [0.3, 0.4) is 0 Å². The van der Waals surface area contributed by atoms with Crippen LogP contribution in [-0.2, 0) is 0 Å². The van der Waals surface area contributed by atoms with Crippen LogP contribution in [0.15, 0.2) is 162 Å². The first kappa shape index (κ1) is 27.4. The molecular formula is C43H26N2OS2. The molecule has 3 heterocycles. The van der Waals surface area contributed by atoms with Crippen molar-refractivity contribution in [2.75, 3.05) is 4.90 Å². The fourth-order valence-electron chi connectivity index (χ4n) is 6.88. The number of oxazole rings is 1. The zero-order chi connectivity index (χ0) is 31.6. The van der Waals surface area contributed by atoms with Crippen molar-refractivity contribution in [3.63, 3.8) is 0 Å². The minimum Gasteiger partial charge on any atom is -0.436 e. The molecule has 0 bridgehead atoms. The number of para-hydroxylation sites is 1. The van der Waals surface area contributed by atoms with E-state index in [1.54, 1.807) is 0 Å². The molecule has 0 fully saturated rings. The van der Waals surface area contributed by atoms with E-state index in [4.69, 9.17) is 9.40 Å². The van der Waals surface area contributed by atoms with Crippen LogP contribution >= 0.6 is 22.7 Å². The van der Waals surface area contributed by atoms with Gasteiger partial charge in [-0.25, -0.2) is 4.98 Å². The molecule has 0 aliphatic carbocycles. The first-order valence-electron chi connectivity index (χ1n) is 16.0. The highest BCUT2D eigenvalue weighted by molar-refractivity contribution is 7.26. The van der Waals surface area contributed by atoms with Gasteiger partial charge in [0.25, 0.3) is 0 Å². The molecule has 3 nitrogen and oxygen atoms in total. The molecule has 0 unspecified atom stereocenters. The summed E-state index contributed by atoms with van der Waals surface area (Å²) in [6.45, 7) is 0. The molecule has 3 aromatic heterocycles. The smallest absolute Gasteiger partial charge is 0.227 e. The van der Waals surface area contributed by atoms with Gasteiger partial charge in [-0.05, 0) is 66.2 Å². The summed E-state index contributed by atoms with van der Waals surface area (Å²) in [6, 6.07) is 56.2. The Balaban J connectivity index is 1.22. The van der Waals surface area contributed by atoms with E-state index in [1.807, 2.05) is 53.0 Å². The average Bonchev–Trinajstić information content (AvgIpc) is 3.85. The SMILES string of the molecule is c1ccc(-c2nc3cc4sc5c(N(c6ccc7sc8ccccc8c7c6)c6ccccc6-c6ccccc6)cccc5c4cc3o2)cc1. The van der Waals surface area contributed by atoms with Crippen LogP contribution < -0.4 is 4.90 Å². The molecule has 0 atom stereocenters. The average molecular weight is 651 g/mol. The largest absolute Gasteiger partial charge is 0.436 e. The molecule has 226 valence electrons. The molecule has 0 N–H and O–H groups in total. The second kappa shape index (κ2) is 10.9. The lowest BCUT2D eigenvalue weighted by atomic mass is 10.0. The minimum absolute atomic E-state index is 0.647. The number of rotatable bonds is 5. The molecular weight excluding hydrogens is 625 g/mol. The first-order chi connectivity index (χ1) is 23.8. The van der Waals surface area contributed by atoms with Crippen LogP contribution in [0.5, 0.6) is 0 Å². The molecule has 0 amide bonds. The summed E-state index contributed by atoms with van der Waals surface area (Å²) < 4.78 is 11.3. The van der Waals surface area contributed by atoms with Crippen LogP contribution in [0.25, 0.3) is 74.0 Å². The van der Waals surface area contributed by atoms with Gasteiger partial charge in [0.1, 0.15) is 5.52 Å². The van der Waals surface area contributed by atoms with Crippen LogP contribution in [0.4, 0.5) is 17.1 Å². The molecule has 0 saturated heterocycles. The third-order valence-electron chi connectivity index (χ3n) is 9.10. The molecule has 0 spiro atoms. The highest BCUT2D eigenvalue weighted by Crippen LogP contribution is 2.49. The van der Waals surface area contributed by atoms with Crippen molar-refractivity contribution < 1.29 is 4.42 Å². The fourth-order valence-corrected chi connectivity index (χ4v) is 9.18. The predicted octanol–water partition coefficient (Wildman–Crippen LogP) is 13.4. The van der Waals surface area contributed by atoms with Crippen molar-refractivity contribution in [1.29, 1.82) is 0 Å². The number of aromatic nitrogens is 1. The molecule has 7 aromatic carbocycles. The Bertz CT molecular complexity index is 2790. The van der Waals surface area contributed by atoms with Crippen molar-refractivity contribution in [3.8, 4) is 22.6 Å². The summed E-state index contributed by atoms with van der Waals surface area (Å²) in [6.07, 6.45) is 0. The number of benzene rings is 7. The maximum Gasteiger partial charge on any atom is 0.227 e. The Morgan fingerprint density at radius 2 is 1.17 bits per heavy atom. The zero-order valence-electron chi connectivity index (χ0n) is 25.6. The van der Waals surface area contributed by atoms with Gasteiger partial charge < -0.3 is 9.32 Å². The Morgan fingerprint density at radius 3 is 2.04 bits per heavy atom. The molecule has 10 rings (SSSR count). The van der Waals surface area contributed by atoms with Crippen molar-refractivity contribution >= 4 is 91.2 Å². The molecule has 0 radical (unpaired) electrons. The lowest BCUT2D eigenvalue weighted by Gasteiger charge is -2.28. The van der Waals surface area contributed by atoms with Crippen LogP contribution in [-0.4, -0.2) is 4.98 Å². The summed E-state index contributed by atoms with van der Waals surface area (Å²) in [5, 5.41) is 4.95. The van der Waals surface area contributed by atoms with Gasteiger partial charge in [-0.3, -0.25) is 0 Å². The van der Waals surface area contributed by atoms with Gasteiger partial charge in [-0.15, -0.1) is 22.7 Å². The van der Waals surface area contributed by atoms with Gasteiger partial charge in [0.05, 0.1) is 16.1 Å². The number of nitrogens with zero attached hydrogens (tertiary/aromatic N) is 2. The second-order valence-corrected chi connectivity index (χ2v) is 14.1. The van der Waals surface area contributed by atoms with Gasteiger partial charge in [-0.2, -0.15) is 0 Å². The van der Waals surface area contributed by atoms with E-state index in [9.17, 15) is 0 Å². The summed E-state index contributed by atoms with van der Waals surface area (Å²) >= 11 is 3.66. The van der Waals surface area contributed by atoms with E-state index in [-0.39, 0.29) is 0 Å². The number of hydrogen-bond donors (Lipinski definition) is 0. The molecule has 0 aliphatic heterocycles. The quantitative estimate of drug-likeness (QED) is 0.186. The summed E-state index contributed by atoms with van der Waals surface area (Å²) in [7, 11) is 0. The van der Waals surface area contributed by atoms with Crippen molar-refractivity contribution in [3.05, 3.63) is 158 Å². The lowest BCUT2D eigenvalue weighted by molar-refractivity contribution is 0.620. The van der Waals surface area contributed by atoms with Gasteiger partial charge in [-0.1, -0.05) is 97.1 Å². The highest BCUT2D eigenvalue weighted by Gasteiger charge is 2.22. The normalized spacial score (nSPS) is 11.8. The maximum absolute atomic E-state index is 6.31. The standard InChI is InChI=1S/C43H26N2OS2/c1-3-12-27(13-4-1)30-16-7-9-19-36(30)45(29-22-23-40-33(24-29)31-17-8-10-21-39(31)47-40)37-20-11-18-32-34-25-38-35(26-41(34)48-42(32)37)44-43(46-38)28-14-5-2-6-15-28/h1-26H. The first-order valence-corrected chi connectivity index (χ1v) is 17.6. The van der Waals surface area contributed by atoms with Crippen LogP contribution in [0, 0.1) is 0 Å². The fraction of sp³-hybridized carbons (Fsp3) is 0. The number of thiophene rings is 2.